The second kappa shape index (κ2) is 8.06. The van der Waals surface area contributed by atoms with Gasteiger partial charge in [0, 0.05) is 5.25 Å². The predicted molar refractivity (Wildman–Crippen MR) is 87.5 cm³/mol. The largest absolute Gasteiger partial charge is 0.458 e. The number of rotatable bonds is 5. The molecule has 5 heteroatoms. The van der Waals surface area contributed by atoms with Crippen LogP contribution in [0, 0.1) is 5.92 Å². The molecule has 0 aromatic heterocycles. The van der Waals surface area contributed by atoms with E-state index in [2.05, 4.69) is 5.32 Å². The van der Waals surface area contributed by atoms with Crippen molar-refractivity contribution in [2.45, 2.75) is 83.6 Å². The van der Waals surface area contributed by atoms with Gasteiger partial charge >= 0.3 is 5.97 Å². The summed E-state index contributed by atoms with van der Waals surface area (Å²) in [5, 5.41) is 3.15. The number of esters is 1. The van der Waals surface area contributed by atoms with E-state index >= 15 is 0 Å². The maximum absolute atomic E-state index is 12.2. The van der Waals surface area contributed by atoms with Gasteiger partial charge in [-0.2, -0.15) is 0 Å². The molecule has 0 bridgehead atoms. The van der Waals surface area contributed by atoms with Gasteiger partial charge in [-0.3, -0.25) is 4.79 Å². The number of amides is 1. The van der Waals surface area contributed by atoms with E-state index in [9.17, 15) is 9.59 Å². The fourth-order valence-electron chi connectivity index (χ4n) is 2.39. The first-order valence-corrected chi connectivity index (χ1v) is 8.75. The van der Waals surface area contributed by atoms with E-state index in [0.717, 1.165) is 12.8 Å². The lowest BCUT2D eigenvalue weighted by Crippen LogP contribution is -2.44. The third-order valence-electron chi connectivity index (χ3n) is 3.27. The van der Waals surface area contributed by atoms with E-state index in [0.29, 0.717) is 17.6 Å². The van der Waals surface area contributed by atoms with Crippen LogP contribution >= 0.6 is 11.8 Å². The Morgan fingerprint density at radius 2 is 1.81 bits per heavy atom. The van der Waals surface area contributed by atoms with E-state index < -0.39 is 11.6 Å². The van der Waals surface area contributed by atoms with Crippen molar-refractivity contribution < 1.29 is 14.3 Å². The molecule has 1 saturated carbocycles. The highest BCUT2D eigenvalue weighted by atomic mass is 32.2. The monoisotopic (exact) mass is 315 g/mol. The molecule has 4 nitrogen and oxygen atoms in total. The first kappa shape index (κ1) is 18.3. The molecule has 1 rings (SSSR count). The quantitative estimate of drug-likeness (QED) is 0.775. The molecule has 122 valence electrons. The predicted octanol–water partition coefficient (Wildman–Crippen LogP) is 4.13. The van der Waals surface area contributed by atoms with Gasteiger partial charge in [0.15, 0.2) is 0 Å². The number of hydrogen-bond acceptors (Lipinski definition) is 4. The van der Waals surface area contributed by atoms with E-state index in [1.165, 1.54) is 24.6 Å². The van der Waals surface area contributed by atoms with Crippen LogP contribution in [0.4, 0.5) is 4.79 Å². The van der Waals surface area contributed by atoms with Gasteiger partial charge in [-0.15, -0.1) is 0 Å². The molecular formula is C16H29NO3S. The normalized spacial score (nSPS) is 17.8. The minimum atomic E-state index is -0.550. The van der Waals surface area contributed by atoms with Crippen molar-refractivity contribution in [3.63, 3.8) is 0 Å². The zero-order valence-corrected chi connectivity index (χ0v) is 14.7. The van der Waals surface area contributed by atoms with Crippen molar-refractivity contribution in [3.8, 4) is 0 Å². The summed E-state index contributed by atoms with van der Waals surface area (Å²) in [5.74, 6) is -0.0177. The number of thioether (sulfide) groups is 1. The van der Waals surface area contributed by atoms with Crippen LogP contribution in [0.5, 0.6) is 0 Å². The van der Waals surface area contributed by atoms with Crippen LogP contribution in [0.15, 0.2) is 0 Å². The lowest BCUT2D eigenvalue weighted by atomic mass is 10.0. The van der Waals surface area contributed by atoms with Gasteiger partial charge in [-0.05, 0) is 46.0 Å². The highest BCUT2D eigenvalue weighted by molar-refractivity contribution is 8.14. The molecule has 1 N–H and O–H groups in total. The maximum atomic E-state index is 12.2. The van der Waals surface area contributed by atoms with Crippen molar-refractivity contribution in [1.29, 1.82) is 0 Å². The number of ether oxygens (including phenoxy) is 1. The van der Waals surface area contributed by atoms with Crippen LogP contribution in [0.25, 0.3) is 0 Å². The summed E-state index contributed by atoms with van der Waals surface area (Å²) in [5.41, 5.74) is -0.532. The maximum Gasteiger partial charge on any atom is 0.329 e. The average Bonchev–Trinajstić information content (AvgIpc) is 2.77. The molecule has 1 amide bonds. The summed E-state index contributed by atoms with van der Waals surface area (Å²) in [7, 11) is 0. The Labute approximate surface area is 132 Å². The summed E-state index contributed by atoms with van der Waals surface area (Å²) >= 11 is 1.34. The van der Waals surface area contributed by atoms with Crippen LogP contribution in [0.2, 0.25) is 0 Å². The Morgan fingerprint density at radius 3 is 2.29 bits per heavy atom. The van der Waals surface area contributed by atoms with Crippen LogP contribution < -0.4 is 5.32 Å². The first-order chi connectivity index (χ1) is 9.67. The summed E-state index contributed by atoms with van der Waals surface area (Å²) in [4.78, 5) is 24.3. The van der Waals surface area contributed by atoms with Crippen molar-refractivity contribution in [3.05, 3.63) is 0 Å². The zero-order chi connectivity index (χ0) is 16.0. The summed E-state index contributed by atoms with van der Waals surface area (Å²) in [6.45, 7) is 9.59. The molecule has 0 aromatic carbocycles. The van der Waals surface area contributed by atoms with Gasteiger partial charge in [-0.25, -0.2) is 4.79 Å². The number of hydrogen-bond donors (Lipinski definition) is 1. The number of carbonyl (C=O) groups excluding carboxylic acids is 2. The summed E-state index contributed by atoms with van der Waals surface area (Å²) in [6.07, 6.45) is 5.20. The topological polar surface area (TPSA) is 55.4 Å². The van der Waals surface area contributed by atoms with Crippen LogP contribution in [0.1, 0.15) is 66.7 Å². The first-order valence-electron chi connectivity index (χ1n) is 7.87. The molecule has 21 heavy (non-hydrogen) atoms. The molecule has 0 saturated heterocycles. The third-order valence-corrected chi connectivity index (χ3v) is 4.40. The SMILES string of the molecule is CC(C)C[C@H](NC(=O)SC1CCCC1)C(=O)OC(C)(C)C. The van der Waals surface area contributed by atoms with Gasteiger partial charge in [0.1, 0.15) is 11.6 Å². The number of nitrogens with one attached hydrogen (secondary N) is 1. The van der Waals surface area contributed by atoms with E-state index in [-0.39, 0.29) is 11.2 Å². The Kier molecular flexibility index (Phi) is 7.04. The second-order valence-corrected chi connectivity index (χ2v) is 8.44. The Morgan fingerprint density at radius 1 is 1.24 bits per heavy atom. The molecule has 1 fully saturated rings. The van der Waals surface area contributed by atoms with Crippen molar-refractivity contribution >= 4 is 23.0 Å². The molecule has 0 heterocycles. The fourth-order valence-corrected chi connectivity index (χ4v) is 3.47. The van der Waals surface area contributed by atoms with Crippen LogP contribution in [0.3, 0.4) is 0 Å². The third kappa shape index (κ3) is 7.74. The molecule has 0 unspecified atom stereocenters. The summed E-state index contributed by atoms with van der Waals surface area (Å²) < 4.78 is 5.41. The Bertz CT molecular complexity index is 357. The Hall–Kier alpha value is -0.710. The highest BCUT2D eigenvalue weighted by Gasteiger charge is 2.28. The van der Waals surface area contributed by atoms with Crippen molar-refractivity contribution in [2.75, 3.05) is 0 Å². The van der Waals surface area contributed by atoms with Gasteiger partial charge in [0.25, 0.3) is 5.24 Å². The number of carbonyl (C=O) groups is 2. The molecule has 1 aliphatic carbocycles. The zero-order valence-electron chi connectivity index (χ0n) is 13.9. The van der Waals surface area contributed by atoms with E-state index in [4.69, 9.17) is 4.74 Å². The molecule has 1 aliphatic rings. The molecule has 0 aliphatic heterocycles. The average molecular weight is 315 g/mol. The van der Waals surface area contributed by atoms with Crippen LogP contribution in [-0.2, 0) is 9.53 Å². The molecule has 1 atom stereocenters. The highest BCUT2D eigenvalue weighted by Crippen LogP contribution is 2.30. The minimum Gasteiger partial charge on any atom is -0.458 e. The van der Waals surface area contributed by atoms with Gasteiger partial charge in [0.2, 0.25) is 0 Å². The summed E-state index contributed by atoms with van der Waals surface area (Å²) in [6, 6.07) is -0.550. The van der Waals surface area contributed by atoms with Crippen molar-refractivity contribution in [1.82, 2.24) is 5.32 Å². The van der Waals surface area contributed by atoms with Crippen LogP contribution in [-0.4, -0.2) is 28.1 Å². The molecule has 0 spiro atoms. The lowest BCUT2D eigenvalue weighted by molar-refractivity contribution is -0.157. The van der Waals surface area contributed by atoms with E-state index in [1.807, 2.05) is 34.6 Å². The molecule has 0 aromatic rings. The minimum absolute atomic E-state index is 0.0987. The molecule has 0 radical (unpaired) electrons. The van der Waals surface area contributed by atoms with Crippen molar-refractivity contribution in [2.24, 2.45) is 5.92 Å². The standard InChI is InChI=1S/C16H29NO3S/c1-11(2)10-13(14(18)20-16(3,4)5)17-15(19)21-12-8-6-7-9-12/h11-13H,6-10H2,1-5H3,(H,17,19)/t13-/m0/s1. The second-order valence-electron chi connectivity index (χ2n) is 7.17. The van der Waals surface area contributed by atoms with E-state index in [1.54, 1.807) is 0 Å². The van der Waals surface area contributed by atoms with Gasteiger partial charge in [-0.1, -0.05) is 38.5 Å². The Balaban J connectivity index is 2.55. The molecular weight excluding hydrogens is 286 g/mol. The fraction of sp³-hybridized carbons (Fsp3) is 0.875. The van der Waals surface area contributed by atoms with Gasteiger partial charge in [0.05, 0.1) is 0 Å². The lowest BCUT2D eigenvalue weighted by Gasteiger charge is -2.25. The smallest absolute Gasteiger partial charge is 0.329 e. The van der Waals surface area contributed by atoms with Gasteiger partial charge < -0.3 is 10.1 Å².